The van der Waals surface area contributed by atoms with Crippen molar-refractivity contribution in [2.24, 2.45) is 0 Å². The molecule has 0 heterocycles. The summed E-state index contributed by atoms with van der Waals surface area (Å²) in [5.41, 5.74) is 8.27. The second-order valence-electron chi connectivity index (χ2n) is 4.39. The van der Waals surface area contributed by atoms with E-state index in [-0.39, 0.29) is 0 Å². The predicted molar refractivity (Wildman–Crippen MR) is 86.1 cm³/mol. The molecule has 0 saturated carbocycles. The summed E-state index contributed by atoms with van der Waals surface area (Å²) in [4.78, 5) is 0. The second-order valence-corrected chi connectivity index (χ2v) is 4.79. The molecule has 2 N–H and O–H groups in total. The highest BCUT2D eigenvalue weighted by molar-refractivity contribution is 6.32. The van der Waals surface area contributed by atoms with Gasteiger partial charge in [-0.2, -0.15) is 0 Å². The number of benzene rings is 2. The molecule has 0 radical (unpaired) electrons. The molecule has 0 fully saturated rings. The number of nitrogens with one attached hydrogen (secondary N) is 2. The quantitative estimate of drug-likeness (QED) is 0.762. The molecule has 4 nitrogen and oxygen atoms in total. The third kappa shape index (κ3) is 4.28. The van der Waals surface area contributed by atoms with Crippen LogP contribution >= 0.6 is 11.6 Å². The van der Waals surface area contributed by atoms with Gasteiger partial charge in [0.25, 0.3) is 0 Å². The van der Waals surface area contributed by atoms with Gasteiger partial charge in [0.15, 0.2) is 11.5 Å². The number of methoxy groups -OCH3 is 1. The van der Waals surface area contributed by atoms with E-state index in [4.69, 9.17) is 21.1 Å². The highest BCUT2D eigenvalue weighted by Gasteiger charge is 2.11. The van der Waals surface area contributed by atoms with Crippen LogP contribution in [-0.4, -0.2) is 13.7 Å². The number of hydrogen-bond donors (Lipinski definition) is 2. The molecule has 2 aromatic rings. The summed E-state index contributed by atoms with van der Waals surface area (Å²) in [5.74, 6) is 1.22. The van der Waals surface area contributed by atoms with Crippen molar-refractivity contribution in [2.75, 3.05) is 19.1 Å². The molecule has 0 spiro atoms. The summed E-state index contributed by atoms with van der Waals surface area (Å²) in [6.07, 6.45) is 0. The Bertz CT molecular complexity index is 576. The first-order chi connectivity index (χ1) is 10.2. The van der Waals surface area contributed by atoms with E-state index in [0.717, 1.165) is 11.3 Å². The Labute approximate surface area is 130 Å². The Morgan fingerprint density at radius 1 is 1.14 bits per heavy atom. The van der Waals surface area contributed by atoms with Crippen molar-refractivity contribution >= 4 is 17.3 Å². The minimum atomic E-state index is 0.545. The zero-order valence-corrected chi connectivity index (χ0v) is 12.9. The van der Waals surface area contributed by atoms with Crippen molar-refractivity contribution < 1.29 is 9.47 Å². The van der Waals surface area contributed by atoms with Crippen LogP contribution in [0.4, 0.5) is 5.69 Å². The van der Waals surface area contributed by atoms with Gasteiger partial charge in [0.05, 0.1) is 18.7 Å². The van der Waals surface area contributed by atoms with Crippen LogP contribution in [0.15, 0.2) is 42.5 Å². The molecule has 112 valence electrons. The number of ether oxygens (including phenoxy) is 2. The number of rotatable bonds is 7. The van der Waals surface area contributed by atoms with Crippen molar-refractivity contribution in [3.63, 3.8) is 0 Å². The van der Waals surface area contributed by atoms with Crippen LogP contribution in [0.2, 0.25) is 5.02 Å². The van der Waals surface area contributed by atoms with E-state index < -0.39 is 0 Å². The fraction of sp³-hybridized carbons (Fsp3) is 0.250. The zero-order valence-electron chi connectivity index (χ0n) is 12.2. The first-order valence-corrected chi connectivity index (χ1v) is 7.15. The van der Waals surface area contributed by atoms with Crippen LogP contribution < -0.4 is 20.3 Å². The summed E-state index contributed by atoms with van der Waals surface area (Å²) in [5, 5.41) is 0.549. The molecule has 5 heteroatoms. The molecule has 0 aromatic heterocycles. The normalized spacial score (nSPS) is 10.2. The number of para-hydroxylation sites is 1. The minimum Gasteiger partial charge on any atom is -0.493 e. The zero-order chi connectivity index (χ0) is 15.1. The summed E-state index contributed by atoms with van der Waals surface area (Å²) < 4.78 is 10.8. The van der Waals surface area contributed by atoms with Gasteiger partial charge in [-0.1, -0.05) is 29.8 Å². The summed E-state index contributed by atoms with van der Waals surface area (Å²) >= 11 is 6.23. The molecule has 0 unspecified atom stereocenters. The van der Waals surface area contributed by atoms with Gasteiger partial charge in [-0.25, -0.2) is 5.43 Å². The van der Waals surface area contributed by atoms with E-state index in [9.17, 15) is 0 Å². The fourth-order valence-electron chi connectivity index (χ4n) is 1.93. The van der Waals surface area contributed by atoms with Crippen LogP contribution in [0.3, 0.4) is 0 Å². The topological polar surface area (TPSA) is 42.5 Å². The lowest BCUT2D eigenvalue weighted by atomic mass is 10.2. The third-order valence-electron chi connectivity index (χ3n) is 2.88. The van der Waals surface area contributed by atoms with Gasteiger partial charge in [-0.3, -0.25) is 0 Å². The lowest BCUT2D eigenvalue weighted by molar-refractivity contribution is 0.311. The number of halogens is 1. The first kappa shape index (κ1) is 15.5. The largest absolute Gasteiger partial charge is 0.493 e. The molecule has 2 aromatic carbocycles. The molecule has 2 rings (SSSR count). The van der Waals surface area contributed by atoms with Crippen molar-refractivity contribution in [2.45, 2.75) is 13.5 Å². The minimum absolute atomic E-state index is 0.545. The molecule has 0 aliphatic carbocycles. The lowest BCUT2D eigenvalue weighted by Crippen LogP contribution is -2.20. The fourth-order valence-corrected chi connectivity index (χ4v) is 2.22. The number of anilines is 1. The summed E-state index contributed by atoms with van der Waals surface area (Å²) in [6, 6.07) is 13.7. The molecule has 0 amide bonds. The van der Waals surface area contributed by atoms with E-state index in [1.807, 2.05) is 49.4 Å². The molecular formula is C16H19ClN2O2. The molecule has 21 heavy (non-hydrogen) atoms. The Balaban J connectivity index is 2.02. The summed E-state index contributed by atoms with van der Waals surface area (Å²) in [7, 11) is 1.60. The first-order valence-electron chi connectivity index (χ1n) is 6.77. The van der Waals surface area contributed by atoms with Crippen LogP contribution in [0.1, 0.15) is 12.5 Å². The average molecular weight is 307 g/mol. The van der Waals surface area contributed by atoms with Crippen LogP contribution in [0.5, 0.6) is 11.5 Å². The molecule has 0 aliphatic heterocycles. The van der Waals surface area contributed by atoms with Gasteiger partial charge in [0.2, 0.25) is 0 Å². The van der Waals surface area contributed by atoms with Gasteiger partial charge in [0.1, 0.15) is 0 Å². The van der Waals surface area contributed by atoms with Crippen LogP contribution in [0.25, 0.3) is 0 Å². The molecule has 0 bridgehead atoms. The van der Waals surface area contributed by atoms with Gasteiger partial charge in [-0.15, -0.1) is 0 Å². The lowest BCUT2D eigenvalue weighted by Gasteiger charge is -2.14. The summed E-state index contributed by atoms with van der Waals surface area (Å²) in [6.45, 7) is 3.07. The van der Waals surface area contributed by atoms with E-state index in [1.165, 1.54) is 0 Å². The molecule has 0 saturated heterocycles. The van der Waals surface area contributed by atoms with Gasteiger partial charge in [0, 0.05) is 12.2 Å². The highest BCUT2D eigenvalue weighted by Crippen LogP contribution is 2.36. The predicted octanol–water partition coefficient (Wildman–Crippen LogP) is 3.86. The smallest absolute Gasteiger partial charge is 0.179 e. The Hall–Kier alpha value is -1.91. The Morgan fingerprint density at radius 2 is 1.90 bits per heavy atom. The average Bonchev–Trinajstić information content (AvgIpc) is 2.51. The number of hydrogen-bond acceptors (Lipinski definition) is 4. The Kier molecular flexibility index (Phi) is 5.72. The maximum atomic E-state index is 6.23. The van der Waals surface area contributed by atoms with Crippen molar-refractivity contribution in [1.82, 2.24) is 5.43 Å². The standard InChI is InChI=1S/C16H19ClN2O2/c1-3-21-16-14(17)9-12(10-15(16)20-2)11-18-19-13-7-5-4-6-8-13/h4-10,18-19H,3,11H2,1-2H3. The van der Waals surface area contributed by atoms with Gasteiger partial charge >= 0.3 is 0 Å². The monoisotopic (exact) mass is 306 g/mol. The molecule has 0 aliphatic rings. The maximum Gasteiger partial charge on any atom is 0.179 e. The van der Waals surface area contributed by atoms with Crippen molar-refractivity contribution in [3.05, 3.63) is 53.1 Å². The Morgan fingerprint density at radius 3 is 2.57 bits per heavy atom. The van der Waals surface area contributed by atoms with Crippen molar-refractivity contribution in [1.29, 1.82) is 0 Å². The van der Waals surface area contributed by atoms with Gasteiger partial charge < -0.3 is 14.9 Å². The van der Waals surface area contributed by atoms with E-state index in [2.05, 4.69) is 10.9 Å². The number of hydrazine groups is 1. The molecular weight excluding hydrogens is 288 g/mol. The third-order valence-corrected chi connectivity index (χ3v) is 3.16. The maximum absolute atomic E-state index is 6.23. The van der Waals surface area contributed by atoms with E-state index in [0.29, 0.717) is 29.7 Å². The van der Waals surface area contributed by atoms with E-state index >= 15 is 0 Å². The highest BCUT2D eigenvalue weighted by atomic mass is 35.5. The second kappa shape index (κ2) is 7.76. The van der Waals surface area contributed by atoms with Crippen molar-refractivity contribution in [3.8, 4) is 11.5 Å². The van der Waals surface area contributed by atoms with Gasteiger partial charge in [-0.05, 0) is 36.8 Å². The van der Waals surface area contributed by atoms with Crippen LogP contribution in [-0.2, 0) is 6.54 Å². The molecule has 0 atom stereocenters. The SMILES string of the molecule is CCOc1c(Cl)cc(CNNc2ccccc2)cc1OC. The van der Waals surface area contributed by atoms with E-state index in [1.54, 1.807) is 7.11 Å². The van der Waals surface area contributed by atoms with Crippen LogP contribution in [0, 0.1) is 0 Å².